The van der Waals surface area contributed by atoms with Gasteiger partial charge in [-0.2, -0.15) is 0 Å². The summed E-state index contributed by atoms with van der Waals surface area (Å²) in [6.45, 7) is 11.5. The third-order valence-electron chi connectivity index (χ3n) is 7.05. The third-order valence-corrected chi connectivity index (χ3v) is 7.05. The fourth-order valence-electron chi connectivity index (χ4n) is 4.72. The molecule has 2 aromatic carbocycles. The number of piperazine rings is 2. The van der Waals surface area contributed by atoms with Crippen molar-refractivity contribution in [1.29, 1.82) is 0 Å². The number of carbonyl (C=O) groups is 2. The molecule has 2 fully saturated rings. The minimum Gasteiger partial charge on any atom is -0.496 e. The van der Waals surface area contributed by atoms with Gasteiger partial charge >= 0.3 is 0 Å². The Morgan fingerprint density at radius 1 is 0.794 bits per heavy atom. The van der Waals surface area contributed by atoms with Crippen LogP contribution in [0, 0.1) is 13.8 Å². The van der Waals surface area contributed by atoms with Gasteiger partial charge in [0.25, 0.3) is 5.91 Å². The highest BCUT2D eigenvalue weighted by Gasteiger charge is 2.27. The van der Waals surface area contributed by atoms with Gasteiger partial charge in [0, 0.05) is 64.5 Å². The van der Waals surface area contributed by atoms with Crippen LogP contribution in [0.15, 0.2) is 42.5 Å². The number of hydrogen-bond donors (Lipinski definition) is 0. The molecule has 7 nitrogen and oxygen atoms in total. The largest absolute Gasteiger partial charge is 0.496 e. The van der Waals surface area contributed by atoms with E-state index in [1.54, 1.807) is 7.11 Å². The molecule has 2 aliphatic heterocycles. The van der Waals surface area contributed by atoms with Gasteiger partial charge in [-0.05, 0) is 42.7 Å². The van der Waals surface area contributed by atoms with Crippen molar-refractivity contribution < 1.29 is 14.3 Å². The fourth-order valence-corrected chi connectivity index (χ4v) is 4.72. The van der Waals surface area contributed by atoms with Gasteiger partial charge in [-0.3, -0.25) is 19.4 Å². The molecule has 2 aliphatic rings. The van der Waals surface area contributed by atoms with Gasteiger partial charge < -0.3 is 14.5 Å². The molecule has 2 aromatic rings. The summed E-state index contributed by atoms with van der Waals surface area (Å²) in [6, 6.07) is 14.1. The number of ether oxygens (including phenoxy) is 1. The van der Waals surface area contributed by atoms with Crippen LogP contribution in [0.1, 0.15) is 27.0 Å². The standard InChI is InChI=1S/C27H36N4O3/c1-21-6-4-5-7-24(21)19-28-10-14-30(15-11-28)26(32)20-29-12-16-31(17-13-29)27(33)23-9-8-22(2)25(18-23)34-3/h4-9,18H,10-17,19-20H2,1-3H3. The molecule has 0 spiro atoms. The Labute approximate surface area is 202 Å². The van der Waals surface area contributed by atoms with Gasteiger partial charge in [0.1, 0.15) is 5.75 Å². The first kappa shape index (κ1) is 24.2. The Balaban J connectivity index is 1.21. The molecule has 0 bridgehead atoms. The maximum atomic E-state index is 12.9. The second-order valence-electron chi connectivity index (χ2n) is 9.34. The van der Waals surface area contributed by atoms with E-state index in [2.05, 4.69) is 41.0 Å². The van der Waals surface area contributed by atoms with Crippen LogP contribution in [0.3, 0.4) is 0 Å². The zero-order chi connectivity index (χ0) is 24.1. The number of carbonyl (C=O) groups excluding carboxylic acids is 2. The van der Waals surface area contributed by atoms with Crippen LogP contribution in [-0.4, -0.2) is 97.4 Å². The van der Waals surface area contributed by atoms with Crippen molar-refractivity contribution in [3.63, 3.8) is 0 Å². The molecule has 0 aliphatic carbocycles. The summed E-state index contributed by atoms with van der Waals surface area (Å²) in [5, 5.41) is 0. The van der Waals surface area contributed by atoms with E-state index in [1.165, 1.54) is 11.1 Å². The second kappa shape index (κ2) is 11.0. The summed E-state index contributed by atoms with van der Waals surface area (Å²) in [5.74, 6) is 0.946. The lowest BCUT2D eigenvalue weighted by Crippen LogP contribution is -2.54. The number of amides is 2. The lowest BCUT2D eigenvalue weighted by Gasteiger charge is -2.38. The Kier molecular flexibility index (Phi) is 7.85. The van der Waals surface area contributed by atoms with E-state index >= 15 is 0 Å². The highest BCUT2D eigenvalue weighted by Crippen LogP contribution is 2.20. The van der Waals surface area contributed by atoms with E-state index in [1.807, 2.05) is 34.9 Å². The highest BCUT2D eigenvalue weighted by atomic mass is 16.5. The molecule has 0 saturated carbocycles. The van der Waals surface area contributed by atoms with E-state index in [-0.39, 0.29) is 11.8 Å². The van der Waals surface area contributed by atoms with E-state index in [0.29, 0.717) is 38.3 Å². The smallest absolute Gasteiger partial charge is 0.254 e. The molecular weight excluding hydrogens is 428 g/mol. The molecule has 2 saturated heterocycles. The number of benzene rings is 2. The zero-order valence-corrected chi connectivity index (χ0v) is 20.6. The van der Waals surface area contributed by atoms with Crippen molar-refractivity contribution in [3.8, 4) is 5.75 Å². The van der Waals surface area contributed by atoms with Gasteiger partial charge in [0.05, 0.1) is 13.7 Å². The molecule has 2 amide bonds. The van der Waals surface area contributed by atoms with Crippen LogP contribution >= 0.6 is 0 Å². The molecule has 2 heterocycles. The maximum Gasteiger partial charge on any atom is 0.254 e. The van der Waals surface area contributed by atoms with Crippen LogP contribution < -0.4 is 4.74 Å². The van der Waals surface area contributed by atoms with Gasteiger partial charge in [0.2, 0.25) is 5.91 Å². The number of nitrogens with zero attached hydrogens (tertiary/aromatic N) is 4. The van der Waals surface area contributed by atoms with Crippen molar-refractivity contribution in [2.45, 2.75) is 20.4 Å². The molecule has 4 rings (SSSR count). The summed E-state index contributed by atoms with van der Waals surface area (Å²) in [6.07, 6.45) is 0. The number of aryl methyl sites for hydroxylation is 2. The Morgan fingerprint density at radius 2 is 1.44 bits per heavy atom. The molecule has 34 heavy (non-hydrogen) atoms. The molecule has 0 radical (unpaired) electrons. The maximum absolute atomic E-state index is 12.9. The number of methoxy groups -OCH3 is 1. The first-order valence-corrected chi connectivity index (χ1v) is 12.2. The summed E-state index contributed by atoms with van der Waals surface area (Å²) in [5.41, 5.74) is 4.34. The zero-order valence-electron chi connectivity index (χ0n) is 20.6. The SMILES string of the molecule is COc1cc(C(=O)N2CCN(CC(=O)N3CCN(Cc4ccccc4C)CC3)CC2)ccc1C. The fraction of sp³-hybridized carbons (Fsp3) is 0.481. The number of hydrogen-bond acceptors (Lipinski definition) is 5. The lowest BCUT2D eigenvalue weighted by molar-refractivity contribution is -0.134. The predicted octanol–water partition coefficient (Wildman–Crippen LogP) is 2.41. The van der Waals surface area contributed by atoms with Crippen molar-refractivity contribution >= 4 is 11.8 Å². The van der Waals surface area contributed by atoms with Crippen LogP contribution in [-0.2, 0) is 11.3 Å². The summed E-state index contributed by atoms with van der Waals surface area (Å²) in [4.78, 5) is 34.3. The van der Waals surface area contributed by atoms with E-state index in [0.717, 1.165) is 44.0 Å². The Hall–Kier alpha value is -2.90. The molecule has 0 unspecified atom stereocenters. The summed E-state index contributed by atoms with van der Waals surface area (Å²) in [7, 11) is 1.62. The van der Waals surface area contributed by atoms with E-state index in [9.17, 15) is 9.59 Å². The monoisotopic (exact) mass is 464 g/mol. The molecule has 182 valence electrons. The van der Waals surface area contributed by atoms with Gasteiger partial charge in [0.15, 0.2) is 0 Å². The summed E-state index contributed by atoms with van der Waals surface area (Å²) < 4.78 is 5.36. The van der Waals surface area contributed by atoms with Gasteiger partial charge in [-0.25, -0.2) is 0 Å². The quantitative estimate of drug-likeness (QED) is 0.657. The van der Waals surface area contributed by atoms with Crippen molar-refractivity contribution in [1.82, 2.24) is 19.6 Å². The van der Waals surface area contributed by atoms with E-state index in [4.69, 9.17) is 4.74 Å². The highest BCUT2D eigenvalue weighted by molar-refractivity contribution is 5.94. The Bertz CT molecular complexity index is 1010. The molecule has 0 atom stereocenters. The van der Waals surface area contributed by atoms with Gasteiger partial charge in [-0.1, -0.05) is 30.3 Å². The van der Waals surface area contributed by atoms with E-state index < -0.39 is 0 Å². The first-order valence-electron chi connectivity index (χ1n) is 12.2. The van der Waals surface area contributed by atoms with Crippen LogP contribution in [0.4, 0.5) is 0 Å². The van der Waals surface area contributed by atoms with Gasteiger partial charge in [-0.15, -0.1) is 0 Å². The Morgan fingerprint density at radius 3 is 2.12 bits per heavy atom. The molecular formula is C27H36N4O3. The minimum absolute atomic E-state index is 0.0223. The third kappa shape index (κ3) is 5.77. The number of rotatable bonds is 6. The van der Waals surface area contributed by atoms with Crippen molar-refractivity contribution in [2.75, 3.05) is 66.0 Å². The lowest BCUT2D eigenvalue weighted by atomic mass is 10.1. The van der Waals surface area contributed by atoms with Crippen LogP contribution in [0.2, 0.25) is 0 Å². The predicted molar refractivity (Wildman–Crippen MR) is 133 cm³/mol. The second-order valence-corrected chi connectivity index (χ2v) is 9.34. The van der Waals surface area contributed by atoms with Crippen molar-refractivity contribution in [3.05, 3.63) is 64.7 Å². The topological polar surface area (TPSA) is 56.3 Å². The van der Waals surface area contributed by atoms with Crippen LogP contribution in [0.5, 0.6) is 5.75 Å². The average molecular weight is 465 g/mol. The molecule has 0 aromatic heterocycles. The molecule has 0 N–H and O–H groups in total. The first-order chi connectivity index (χ1) is 16.4. The average Bonchev–Trinajstić information content (AvgIpc) is 2.86. The summed E-state index contributed by atoms with van der Waals surface area (Å²) >= 11 is 0. The molecule has 7 heteroatoms. The van der Waals surface area contributed by atoms with Crippen molar-refractivity contribution in [2.24, 2.45) is 0 Å². The normalized spacial score (nSPS) is 17.6. The minimum atomic E-state index is 0.0223. The van der Waals surface area contributed by atoms with Crippen LogP contribution in [0.25, 0.3) is 0 Å².